The average molecular weight is 255 g/mol. The van der Waals surface area contributed by atoms with E-state index in [1.807, 2.05) is 54.6 Å². The van der Waals surface area contributed by atoms with E-state index in [4.69, 9.17) is 5.11 Å². The Morgan fingerprint density at radius 1 is 0.947 bits per heavy atom. The Kier molecular flexibility index (Phi) is 4.70. The molecule has 2 rings (SSSR count). The van der Waals surface area contributed by atoms with Crippen molar-refractivity contribution in [1.82, 2.24) is 5.32 Å². The zero-order valence-corrected chi connectivity index (χ0v) is 10.7. The van der Waals surface area contributed by atoms with Gasteiger partial charge in [0.25, 0.3) is 5.91 Å². The third kappa shape index (κ3) is 3.66. The van der Waals surface area contributed by atoms with Gasteiger partial charge in [-0.15, -0.1) is 0 Å². The standard InChI is InChI=1S/C16H17NO2/c18-12-4-11-17-16(19)15-9-7-14(8-10-15)13-5-2-1-3-6-13/h1-3,5-10,18H,4,11-12H2,(H,17,19). The lowest BCUT2D eigenvalue weighted by Crippen LogP contribution is -2.24. The second-order valence-corrected chi connectivity index (χ2v) is 4.28. The van der Waals surface area contributed by atoms with Crippen molar-refractivity contribution in [2.45, 2.75) is 6.42 Å². The summed E-state index contributed by atoms with van der Waals surface area (Å²) in [6.45, 7) is 0.586. The molecule has 0 heterocycles. The number of carbonyl (C=O) groups is 1. The fourth-order valence-corrected chi connectivity index (χ4v) is 1.83. The number of aliphatic hydroxyl groups excluding tert-OH is 1. The molecule has 0 aliphatic rings. The summed E-state index contributed by atoms with van der Waals surface area (Å²) in [4.78, 5) is 11.8. The third-order valence-electron chi connectivity index (χ3n) is 2.87. The number of benzene rings is 2. The van der Waals surface area contributed by atoms with Crippen molar-refractivity contribution in [3.05, 3.63) is 60.2 Å². The molecule has 19 heavy (non-hydrogen) atoms. The van der Waals surface area contributed by atoms with Crippen LogP contribution in [0.1, 0.15) is 16.8 Å². The van der Waals surface area contributed by atoms with Crippen molar-refractivity contribution in [3.63, 3.8) is 0 Å². The normalized spacial score (nSPS) is 10.2. The first-order valence-electron chi connectivity index (χ1n) is 6.36. The molecule has 0 radical (unpaired) electrons. The molecule has 0 aliphatic carbocycles. The van der Waals surface area contributed by atoms with Gasteiger partial charge in [-0.3, -0.25) is 4.79 Å². The van der Waals surface area contributed by atoms with E-state index >= 15 is 0 Å². The van der Waals surface area contributed by atoms with Gasteiger partial charge in [-0.1, -0.05) is 42.5 Å². The van der Waals surface area contributed by atoms with Gasteiger partial charge < -0.3 is 10.4 Å². The van der Waals surface area contributed by atoms with Crippen LogP contribution >= 0.6 is 0 Å². The van der Waals surface area contributed by atoms with Gasteiger partial charge in [-0.2, -0.15) is 0 Å². The van der Waals surface area contributed by atoms with Crippen LogP contribution in [0.25, 0.3) is 11.1 Å². The number of nitrogens with one attached hydrogen (secondary N) is 1. The van der Waals surface area contributed by atoms with Crippen molar-refractivity contribution in [2.75, 3.05) is 13.2 Å². The van der Waals surface area contributed by atoms with Crippen LogP contribution in [-0.2, 0) is 0 Å². The van der Waals surface area contributed by atoms with E-state index in [1.165, 1.54) is 0 Å². The molecular weight excluding hydrogens is 238 g/mol. The Balaban J connectivity index is 2.04. The van der Waals surface area contributed by atoms with Crippen molar-refractivity contribution < 1.29 is 9.90 Å². The Bertz CT molecular complexity index is 520. The molecule has 0 bridgehead atoms. The van der Waals surface area contributed by atoms with Gasteiger partial charge in [-0.05, 0) is 29.7 Å². The number of hydrogen-bond donors (Lipinski definition) is 2. The molecular formula is C16H17NO2. The Morgan fingerprint density at radius 2 is 1.58 bits per heavy atom. The molecule has 2 aromatic rings. The van der Waals surface area contributed by atoms with Gasteiger partial charge in [0, 0.05) is 18.7 Å². The van der Waals surface area contributed by atoms with Crippen LogP contribution in [0.5, 0.6) is 0 Å². The first-order chi connectivity index (χ1) is 9.31. The Labute approximate surface area is 112 Å². The number of carbonyl (C=O) groups excluding carboxylic acids is 1. The molecule has 0 unspecified atom stereocenters. The van der Waals surface area contributed by atoms with Gasteiger partial charge in [-0.25, -0.2) is 0 Å². The van der Waals surface area contributed by atoms with Crippen LogP contribution in [0.2, 0.25) is 0 Å². The topological polar surface area (TPSA) is 49.3 Å². The fourth-order valence-electron chi connectivity index (χ4n) is 1.83. The molecule has 3 heteroatoms. The van der Waals surface area contributed by atoms with Crippen LogP contribution in [0.15, 0.2) is 54.6 Å². The number of hydrogen-bond acceptors (Lipinski definition) is 2. The summed E-state index contributed by atoms with van der Waals surface area (Å²) in [7, 11) is 0. The molecule has 0 spiro atoms. The molecule has 1 amide bonds. The van der Waals surface area contributed by atoms with Crippen molar-refractivity contribution in [1.29, 1.82) is 0 Å². The highest BCUT2D eigenvalue weighted by molar-refractivity contribution is 5.94. The van der Waals surface area contributed by atoms with E-state index in [9.17, 15) is 4.79 Å². The first-order valence-corrected chi connectivity index (χ1v) is 6.36. The highest BCUT2D eigenvalue weighted by Gasteiger charge is 2.04. The maximum atomic E-state index is 11.8. The third-order valence-corrected chi connectivity index (χ3v) is 2.87. The number of rotatable bonds is 5. The summed E-state index contributed by atoms with van der Waals surface area (Å²) in [5.74, 6) is -0.104. The molecule has 0 aliphatic heterocycles. The van der Waals surface area contributed by atoms with Gasteiger partial charge in [0.1, 0.15) is 0 Å². The van der Waals surface area contributed by atoms with Gasteiger partial charge in [0.15, 0.2) is 0 Å². The zero-order chi connectivity index (χ0) is 13.5. The molecule has 3 nitrogen and oxygen atoms in total. The van der Waals surface area contributed by atoms with Crippen LogP contribution < -0.4 is 5.32 Å². The quantitative estimate of drug-likeness (QED) is 0.806. The number of amides is 1. The van der Waals surface area contributed by atoms with E-state index < -0.39 is 0 Å². The van der Waals surface area contributed by atoms with Crippen LogP contribution in [0.4, 0.5) is 0 Å². The van der Waals surface area contributed by atoms with Gasteiger partial charge in [0.2, 0.25) is 0 Å². The SMILES string of the molecule is O=C(NCCCO)c1ccc(-c2ccccc2)cc1. The van der Waals surface area contributed by atoms with E-state index in [1.54, 1.807) is 0 Å². The van der Waals surface area contributed by atoms with Crippen molar-refractivity contribution >= 4 is 5.91 Å². The summed E-state index contributed by atoms with van der Waals surface area (Å²) in [6.07, 6.45) is 0.577. The molecule has 0 fully saturated rings. The van der Waals surface area contributed by atoms with Crippen LogP contribution in [-0.4, -0.2) is 24.2 Å². The fraction of sp³-hybridized carbons (Fsp3) is 0.188. The molecule has 2 aromatic carbocycles. The zero-order valence-electron chi connectivity index (χ0n) is 10.7. The number of aliphatic hydroxyl groups is 1. The predicted octanol–water partition coefficient (Wildman–Crippen LogP) is 2.47. The molecule has 0 atom stereocenters. The van der Waals surface area contributed by atoms with E-state index in [0.717, 1.165) is 11.1 Å². The van der Waals surface area contributed by atoms with Crippen LogP contribution in [0.3, 0.4) is 0 Å². The van der Waals surface area contributed by atoms with Crippen LogP contribution in [0, 0.1) is 0 Å². The Hall–Kier alpha value is -2.13. The minimum Gasteiger partial charge on any atom is -0.396 e. The summed E-state index contributed by atoms with van der Waals surface area (Å²) >= 11 is 0. The minimum atomic E-state index is -0.104. The average Bonchev–Trinajstić information content (AvgIpc) is 2.48. The maximum absolute atomic E-state index is 11.8. The molecule has 98 valence electrons. The van der Waals surface area contributed by atoms with E-state index in [2.05, 4.69) is 5.32 Å². The van der Waals surface area contributed by atoms with Crippen molar-refractivity contribution in [2.24, 2.45) is 0 Å². The summed E-state index contributed by atoms with van der Waals surface area (Å²) in [5, 5.41) is 11.4. The predicted molar refractivity (Wildman–Crippen MR) is 75.9 cm³/mol. The highest BCUT2D eigenvalue weighted by atomic mass is 16.3. The molecule has 2 N–H and O–H groups in total. The van der Waals surface area contributed by atoms with Gasteiger partial charge >= 0.3 is 0 Å². The maximum Gasteiger partial charge on any atom is 0.251 e. The van der Waals surface area contributed by atoms with Gasteiger partial charge in [0.05, 0.1) is 0 Å². The summed E-state index contributed by atoms with van der Waals surface area (Å²) in [5.41, 5.74) is 2.86. The lowest BCUT2D eigenvalue weighted by Gasteiger charge is -2.05. The highest BCUT2D eigenvalue weighted by Crippen LogP contribution is 2.19. The first kappa shape index (κ1) is 13.3. The molecule has 0 saturated heterocycles. The lowest BCUT2D eigenvalue weighted by molar-refractivity contribution is 0.0951. The second kappa shape index (κ2) is 6.71. The summed E-state index contributed by atoms with van der Waals surface area (Å²) in [6, 6.07) is 17.6. The lowest BCUT2D eigenvalue weighted by atomic mass is 10.0. The largest absolute Gasteiger partial charge is 0.396 e. The monoisotopic (exact) mass is 255 g/mol. The van der Waals surface area contributed by atoms with E-state index in [0.29, 0.717) is 18.5 Å². The van der Waals surface area contributed by atoms with Crippen molar-refractivity contribution in [3.8, 4) is 11.1 Å². The second-order valence-electron chi connectivity index (χ2n) is 4.28. The smallest absolute Gasteiger partial charge is 0.251 e. The van der Waals surface area contributed by atoms with E-state index in [-0.39, 0.29) is 12.5 Å². The Morgan fingerprint density at radius 3 is 2.21 bits per heavy atom. The molecule has 0 saturated carbocycles. The minimum absolute atomic E-state index is 0.0905. The molecule has 0 aromatic heterocycles. The summed E-state index contributed by atoms with van der Waals surface area (Å²) < 4.78 is 0.